The average Bonchev–Trinajstić information content (AvgIpc) is 2.76. The van der Waals surface area contributed by atoms with E-state index < -0.39 is 0 Å². The van der Waals surface area contributed by atoms with Crippen LogP contribution in [-0.4, -0.2) is 26.4 Å². The molecule has 0 bridgehead atoms. The summed E-state index contributed by atoms with van der Waals surface area (Å²) >= 11 is 0. The maximum atomic E-state index is 9.82. The van der Waals surface area contributed by atoms with Crippen molar-refractivity contribution in [3.63, 3.8) is 0 Å². The molecule has 0 atom stereocenters. The highest BCUT2D eigenvalue weighted by Gasteiger charge is 2.09. The Bertz CT molecular complexity index is 1140. The molecule has 3 aromatic carbocycles. The first-order valence-electron chi connectivity index (χ1n) is 8.99. The van der Waals surface area contributed by atoms with Crippen molar-refractivity contribution in [2.24, 2.45) is 5.10 Å². The predicted molar refractivity (Wildman–Crippen MR) is 114 cm³/mol. The molecule has 0 aliphatic heterocycles. The van der Waals surface area contributed by atoms with Crippen molar-refractivity contribution in [2.45, 2.75) is 0 Å². The molecule has 1 heterocycles. The quantitative estimate of drug-likeness (QED) is 0.345. The fourth-order valence-electron chi connectivity index (χ4n) is 2.79. The van der Waals surface area contributed by atoms with Crippen molar-refractivity contribution in [1.29, 1.82) is 0 Å². The van der Waals surface area contributed by atoms with Crippen LogP contribution >= 0.6 is 0 Å². The number of hydrogen-bond acceptors (Lipinski definition) is 6. The number of nitrogens with one attached hydrogen (secondary N) is 1. The Labute approximate surface area is 167 Å². The van der Waals surface area contributed by atoms with Gasteiger partial charge < -0.3 is 10.2 Å². The summed E-state index contributed by atoms with van der Waals surface area (Å²) in [4.78, 5) is 9.09. The Morgan fingerprint density at radius 3 is 2.10 bits per heavy atom. The molecule has 4 rings (SSSR count). The van der Waals surface area contributed by atoms with E-state index in [0.29, 0.717) is 11.6 Å². The minimum atomic E-state index is 0.169. The molecule has 0 fully saturated rings. The standard InChI is InChI=1S/C23H18N4O2/c28-19-11-9-16(10-12-19)15-24-27-23-25-21(17-5-2-1-3-6-17)14-22(26-23)18-7-4-8-20(29)13-18/h1-15,28-29H,(H,25,26,27)/b24-15+. The van der Waals surface area contributed by atoms with Gasteiger partial charge in [-0.05, 0) is 48.0 Å². The first-order valence-corrected chi connectivity index (χ1v) is 8.99. The Kier molecular flexibility index (Phi) is 5.16. The smallest absolute Gasteiger partial charge is 0.244 e. The lowest BCUT2D eigenvalue weighted by molar-refractivity contribution is 0.475. The molecule has 29 heavy (non-hydrogen) atoms. The number of phenolic OH excluding ortho intramolecular Hbond substituents is 2. The van der Waals surface area contributed by atoms with Crippen LogP contribution in [0.25, 0.3) is 22.5 Å². The van der Waals surface area contributed by atoms with Crippen LogP contribution in [0.1, 0.15) is 5.56 Å². The van der Waals surface area contributed by atoms with Gasteiger partial charge in [0, 0.05) is 11.1 Å². The SMILES string of the molecule is Oc1ccc(/C=N/Nc2nc(-c3ccccc3)cc(-c3cccc(O)c3)n2)cc1. The molecule has 1 aromatic heterocycles. The molecule has 0 amide bonds. The second-order valence-corrected chi connectivity index (χ2v) is 6.34. The largest absolute Gasteiger partial charge is 0.508 e. The van der Waals surface area contributed by atoms with E-state index in [1.54, 1.807) is 48.7 Å². The highest BCUT2D eigenvalue weighted by molar-refractivity contribution is 5.80. The molecular weight excluding hydrogens is 364 g/mol. The summed E-state index contributed by atoms with van der Waals surface area (Å²) in [5, 5.41) is 23.4. The van der Waals surface area contributed by atoms with Crippen molar-refractivity contribution in [2.75, 3.05) is 5.43 Å². The summed E-state index contributed by atoms with van der Waals surface area (Å²) in [5.74, 6) is 0.701. The van der Waals surface area contributed by atoms with Crippen molar-refractivity contribution in [3.8, 4) is 34.0 Å². The van der Waals surface area contributed by atoms with Gasteiger partial charge in [-0.25, -0.2) is 15.4 Å². The fraction of sp³-hybridized carbons (Fsp3) is 0. The molecule has 6 heteroatoms. The lowest BCUT2D eigenvalue weighted by Gasteiger charge is -2.08. The Hall–Kier alpha value is -4.19. The molecule has 142 valence electrons. The number of nitrogens with zero attached hydrogens (tertiary/aromatic N) is 3. The Balaban J connectivity index is 1.68. The zero-order chi connectivity index (χ0) is 20.1. The molecule has 6 nitrogen and oxygen atoms in total. The third-order valence-corrected chi connectivity index (χ3v) is 4.21. The number of hydrazone groups is 1. The van der Waals surface area contributed by atoms with E-state index in [2.05, 4.69) is 20.5 Å². The number of hydrogen-bond donors (Lipinski definition) is 3. The second-order valence-electron chi connectivity index (χ2n) is 6.34. The van der Waals surface area contributed by atoms with Gasteiger partial charge in [-0.3, -0.25) is 0 Å². The Morgan fingerprint density at radius 2 is 1.38 bits per heavy atom. The molecule has 0 spiro atoms. The predicted octanol–water partition coefficient (Wildman–Crippen LogP) is 4.67. The number of aromatic nitrogens is 2. The van der Waals surface area contributed by atoms with E-state index in [1.165, 1.54) is 0 Å². The maximum absolute atomic E-state index is 9.82. The molecule has 0 radical (unpaired) electrons. The molecule has 3 N–H and O–H groups in total. The van der Waals surface area contributed by atoms with Gasteiger partial charge in [0.15, 0.2) is 0 Å². The average molecular weight is 382 g/mol. The lowest BCUT2D eigenvalue weighted by atomic mass is 10.1. The summed E-state index contributed by atoms with van der Waals surface area (Å²) in [5.41, 5.74) is 6.81. The number of rotatable bonds is 5. The van der Waals surface area contributed by atoms with E-state index in [1.807, 2.05) is 42.5 Å². The van der Waals surface area contributed by atoms with Crippen LogP contribution in [0, 0.1) is 0 Å². The normalized spacial score (nSPS) is 10.9. The zero-order valence-corrected chi connectivity index (χ0v) is 15.4. The topological polar surface area (TPSA) is 90.6 Å². The van der Waals surface area contributed by atoms with Crippen LogP contribution in [-0.2, 0) is 0 Å². The van der Waals surface area contributed by atoms with Gasteiger partial charge in [-0.15, -0.1) is 0 Å². The summed E-state index contributed by atoms with van der Waals surface area (Å²) < 4.78 is 0. The van der Waals surface area contributed by atoms with E-state index in [4.69, 9.17) is 0 Å². The third kappa shape index (κ3) is 4.56. The highest BCUT2D eigenvalue weighted by atomic mass is 16.3. The maximum Gasteiger partial charge on any atom is 0.244 e. The molecule has 0 unspecified atom stereocenters. The van der Waals surface area contributed by atoms with E-state index in [0.717, 1.165) is 22.4 Å². The van der Waals surface area contributed by atoms with Crippen LogP contribution in [0.2, 0.25) is 0 Å². The van der Waals surface area contributed by atoms with Crippen LogP contribution in [0.5, 0.6) is 11.5 Å². The molecule has 0 aliphatic carbocycles. The highest BCUT2D eigenvalue weighted by Crippen LogP contribution is 2.27. The number of anilines is 1. The van der Waals surface area contributed by atoms with Gasteiger partial charge in [0.25, 0.3) is 0 Å². The van der Waals surface area contributed by atoms with Crippen LogP contribution in [0.3, 0.4) is 0 Å². The molecular formula is C23H18N4O2. The van der Waals surface area contributed by atoms with Crippen molar-refractivity contribution in [1.82, 2.24) is 9.97 Å². The summed E-state index contributed by atoms with van der Waals surface area (Å²) in [6, 6.07) is 25.2. The van der Waals surface area contributed by atoms with Gasteiger partial charge in [-0.2, -0.15) is 5.10 Å². The zero-order valence-electron chi connectivity index (χ0n) is 15.4. The van der Waals surface area contributed by atoms with Crippen LogP contribution < -0.4 is 5.43 Å². The molecule has 0 aliphatic rings. The number of aromatic hydroxyl groups is 2. The lowest BCUT2D eigenvalue weighted by Crippen LogP contribution is -2.00. The minimum absolute atomic E-state index is 0.169. The van der Waals surface area contributed by atoms with Crippen molar-refractivity contribution < 1.29 is 10.2 Å². The Morgan fingerprint density at radius 1 is 0.690 bits per heavy atom. The van der Waals surface area contributed by atoms with Crippen LogP contribution in [0.15, 0.2) is 90.0 Å². The van der Waals surface area contributed by atoms with Crippen molar-refractivity contribution >= 4 is 12.2 Å². The van der Waals surface area contributed by atoms with Gasteiger partial charge in [0.1, 0.15) is 11.5 Å². The second kappa shape index (κ2) is 8.22. The first kappa shape index (κ1) is 18.2. The number of benzene rings is 3. The van der Waals surface area contributed by atoms with Crippen LogP contribution in [0.4, 0.5) is 5.95 Å². The van der Waals surface area contributed by atoms with E-state index >= 15 is 0 Å². The van der Waals surface area contributed by atoms with E-state index in [9.17, 15) is 10.2 Å². The number of phenols is 2. The van der Waals surface area contributed by atoms with Crippen molar-refractivity contribution in [3.05, 3.63) is 90.5 Å². The van der Waals surface area contributed by atoms with Gasteiger partial charge >= 0.3 is 0 Å². The summed E-state index contributed by atoms with van der Waals surface area (Å²) in [6.07, 6.45) is 1.62. The third-order valence-electron chi connectivity index (χ3n) is 4.21. The minimum Gasteiger partial charge on any atom is -0.508 e. The van der Waals surface area contributed by atoms with E-state index in [-0.39, 0.29) is 11.5 Å². The molecule has 0 saturated heterocycles. The fourth-order valence-corrected chi connectivity index (χ4v) is 2.79. The van der Waals surface area contributed by atoms with Gasteiger partial charge in [0.2, 0.25) is 5.95 Å². The monoisotopic (exact) mass is 382 g/mol. The van der Waals surface area contributed by atoms with Gasteiger partial charge in [-0.1, -0.05) is 42.5 Å². The molecule has 0 saturated carbocycles. The first-order chi connectivity index (χ1) is 14.2. The molecule has 4 aromatic rings. The summed E-state index contributed by atoms with van der Waals surface area (Å²) in [6.45, 7) is 0. The van der Waals surface area contributed by atoms with Gasteiger partial charge in [0.05, 0.1) is 17.6 Å². The summed E-state index contributed by atoms with van der Waals surface area (Å²) in [7, 11) is 0.